The van der Waals surface area contributed by atoms with Crippen molar-refractivity contribution in [2.75, 3.05) is 5.32 Å². The lowest BCUT2D eigenvalue weighted by Gasteiger charge is -2.07. The molecule has 2 aromatic rings. The average molecular weight is 293 g/mol. The first-order chi connectivity index (χ1) is 9.47. The summed E-state index contributed by atoms with van der Waals surface area (Å²) in [4.78, 5) is 26.6. The Hall–Kier alpha value is -2.60. The maximum Gasteiger partial charge on any atom is 0.335 e. The number of carboxylic acid groups (broad SMARTS) is 1. The minimum atomic E-state index is -1.13. The Morgan fingerprint density at radius 1 is 1.20 bits per heavy atom. The number of halogens is 1. The molecule has 0 fully saturated rings. The van der Waals surface area contributed by atoms with Gasteiger partial charge in [-0.15, -0.1) is 0 Å². The summed E-state index contributed by atoms with van der Waals surface area (Å²) < 4.78 is 0. The standard InChI is InChI=1S/C13H9ClN2O4/c14-10-2-1-8(17)6-9(10)12(18)16-11-5-7(13(19)20)3-4-15-11/h1-6,17H,(H,19,20)(H,15,16,18). The van der Waals surface area contributed by atoms with E-state index in [-0.39, 0.29) is 27.7 Å². The van der Waals surface area contributed by atoms with Crippen LogP contribution in [0.25, 0.3) is 0 Å². The Morgan fingerprint density at radius 2 is 1.95 bits per heavy atom. The zero-order valence-electron chi connectivity index (χ0n) is 10.0. The van der Waals surface area contributed by atoms with Crippen molar-refractivity contribution in [3.8, 4) is 5.75 Å². The molecule has 0 radical (unpaired) electrons. The lowest BCUT2D eigenvalue weighted by atomic mass is 10.2. The molecule has 0 aliphatic carbocycles. The maximum absolute atomic E-state index is 12.0. The Bertz CT molecular complexity index is 688. The van der Waals surface area contributed by atoms with Crippen LogP contribution < -0.4 is 5.32 Å². The van der Waals surface area contributed by atoms with Crippen molar-refractivity contribution in [2.45, 2.75) is 0 Å². The van der Waals surface area contributed by atoms with E-state index in [1.807, 2.05) is 0 Å². The van der Waals surface area contributed by atoms with Gasteiger partial charge in [0.15, 0.2) is 0 Å². The number of carbonyl (C=O) groups is 2. The van der Waals surface area contributed by atoms with Gasteiger partial charge in [0.05, 0.1) is 16.1 Å². The van der Waals surface area contributed by atoms with Crippen molar-refractivity contribution in [3.63, 3.8) is 0 Å². The fraction of sp³-hybridized carbons (Fsp3) is 0. The van der Waals surface area contributed by atoms with Crippen LogP contribution in [0.4, 0.5) is 5.82 Å². The number of anilines is 1. The van der Waals surface area contributed by atoms with Gasteiger partial charge in [-0.3, -0.25) is 4.79 Å². The summed E-state index contributed by atoms with van der Waals surface area (Å²) in [6.07, 6.45) is 1.27. The summed E-state index contributed by atoms with van der Waals surface area (Å²) >= 11 is 5.85. The lowest BCUT2D eigenvalue weighted by Crippen LogP contribution is -2.14. The minimum absolute atomic E-state index is 0.00249. The van der Waals surface area contributed by atoms with E-state index >= 15 is 0 Å². The van der Waals surface area contributed by atoms with Crippen molar-refractivity contribution < 1.29 is 19.8 Å². The first-order valence-electron chi connectivity index (χ1n) is 5.46. The highest BCUT2D eigenvalue weighted by molar-refractivity contribution is 6.34. The number of rotatable bonds is 3. The summed E-state index contributed by atoms with van der Waals surface area (Å²) in [5.74, 6) is -1.75. The molecule has 2 rings (SSSR count). The van der Waals surface area contributed by atoms with Crippen molar-refractivity contribution in [1.82, 2.24) is 4.98 Å². The summed E-state index contributed by atoms with van der Waals surface area (Å²) in [5.41, 5.74) is 0.0616. The van der Waals surface area contributed by atoms with Gasteiger partial charge in [-0.05, 0) is 30.3 Å². The predicted octanol–water partition coefficient (Wildman–Crippen LogP) is 2.39. The van der Waals surface area contributed by atoms with Crippen LogP contribution in [0.3, 0.4) is 0 Å². The van der Waals surface area contributed by atoms with Crippen LogP contribution in [0.15, 0.2) is 36.5 Å². The zero-order valence-corrected chi connectivity index (χ0v) is 10.8. The molecule has 0 aliphatic rings. The molecule has 0 unspecified atom stereocenters. The minimum Gasteiger partial charge on any atom is -0.508 e. The normalized spacial score (nSPS) is 10.1. The molecule has 1 aromatic carbocycles. The number of pyridine rings is 1. The number of hydrogen-bond acceptors (Lipinski definition) is 4. The predicted molar refractivity (Wildman–Crippen MR) is 72.3 cm³/mol. The lowest BCUT2D eigenvalue weighted by molar-refractivity contribution is 0.0696. The Balaban J connectivity index is 2.25. The molecule has 102 valence electrons. The molecule has 0 aliphatic heterocycles. The molecule has 20 heavy (non-hydrogen) atoms. The maximum atomic E-state index is 12.0. The molecule has 6 nitrogen and oxygen atoms in total. The van der Waals surface area contributed by atoms with Crippen molar-refractivity contribution in [1.29, 1.82) is 0 Å². The number of aromatic hydroxyl groups is 1. The van der Waals surface area contributed by atoms with Gasteiger partial charge in [-0.25, -0.2) is 9.78 Å². The number of hydrogen-bond donors (Lipinski definition) is 3. The summed E-state index contributed by atoms with van der Waals surface area (Å²) in [5, 5.41) is 20.8. The number of aromatic carboxylic acids is 1. The topological polar surface area (TPSA) is 99.5 Å². The third kappa shape index (κ3) is 3.04. The zero-order chi connectivity index (χ0) is 14.7. The van der Waals surface area contributed by atoms with E-state index in [1.165, 1.54) is 36.5 Å². The smallest absolute Gasteiger partial charge is 0.335 e. The van der Waals surface area contributed by atoms with Crippen LogP contribution in [0.5, 0.6) is 5.75 Å². The summed E-state index contributed by atoms with van der Waals surface area (Å²) in [6.45, 7) is 0. The monoisotopic (exact) mass is 292 g/mol. The summed E-state index contributed by atoms with van der Waals surface area (Å²) in [6, 6.07) is 6.46. The molecule has 0 atom stereocenters. The SMILES string of the molecule is O=C(O)c1ccnc(NC(=O)c2cc(O)ccc2Cl)c1. The van der Waals surface area contributed by atoms with Crippen LogP contribution in [-0.4, -0.2) is 27.1 Å². The third-order valence-corrected chi connectivity index (χ3v) is 2.77. The Morgan fingerprint density at radius 3 is 2.65 bits per heavy atom. The van der Waals surface area contributed by atoms with Crippen molar-refractivity contribution >= 4 is 29.3 Å². The van der Waals surface area contributed by atoms with Crippen LogP contribution in [0, 0.1) is 0 Å². The van der Waals surface area contributed by atoms with Crippen LogP contribution in [0.1, 0.15) is 20.7 Å². The first-order valence-corrected chi connectivity index (χ1v) is 5.84. The summed E-state index contributed by atoms with van der Waals surface area (Å²) in [7, 11) is 0. The van der Waals surface area contributed by atoms with Gasteiger partial charge >= 0.3 is 5.97 Å². The molecule has 3 N–H and O–H groups in total. The van der Waals surface area contributed by atoms with Gasteiger partial charge in [0.25, 0.3) is 5.91 Å². The van der Waals surface area contributed by atoms with Gasteiger partial charge in [0, 0.05) is 6.20 Å². The molecule has 0 spiro atoms. The largest absolute Gasteiger partial charge is 0.508 e. The highest BCUT2D eigenvalue weighted by Crippen LogP contribution is 2.22. The van der Waals surface area contributed by atoms with Crippen LogP contribution >= 0.6 is 11.6 Å². The molecule has 1 aromatic heterocycles. The van der Waals surface area contributed by atoms with Gasteiger partial charge in [0.2, 0.25) is 0 Å². The fourth-order valence-electron chi connectivity index (χ4n) is 1.50. The van der Waals surface area contributed by atoms with Crippen LogP contribution in [0.2, 0.25) is 5.02 Å². The van der Waals surface area contributed by atoms with E-state index in [2.05, 4.69) is 10.3 Å². The average Bonchev–Trinajstić information content (AvgIpc) is 2.41. The number of nitrogens with one attached hydrogen (secondary N) is 1. The number of nitrogens with zero attached hydrogens (tertiary/aromatic N) is 1. The van der Waals surface area contributed by atoms with Gasteiger partial charge < -0.3 is 15.5 Å². The second kappa shape index (κ2) is 5.58. The molecular formula is C13H9ClN2O4. The second-order valence-corrected chi connectivity index (χ2v) is 4.26. The number of amides is 1. The highest BCUT2D eigenvalue weighted by atomic mass is 35.5. The van der Waals surface area contributed by atoms with Gasteiger partial charge in [-0.1, -0.05) is 11.6 Å². The Kier molecular flexibility index (Phi) is 3.86. The van der Waals surface area contributed by atoms with Crippen molar-refractivity contribution in [3.05, 3.63) is 52.7 Å². The van der Waals surface area contributed by atoms with Crippen LogP contribution in [-0.2, 0) is 0 Å². The van der Waals surface area contributed by atoms with E-state index in [4.69, 9.17) is 16.7 Å². The molecule has 0 bridgehead atoms. The fourth-order valence-corrected chi connectivity index (χ4v) is 1.71. The molecule has 1 heterocycles. The molecular weight excluding hydrogens is 284 g/mol. The molecule has 0 saturated heterocycles. The highest BCUT2D eigenvalue weighted by Gasteiger charge is 2.13. The van der Waals surface area contributed by atoms with E-state index in [9.17, 15) is 14.7 Å². The number of carbonyl (C=O) groups excluding carboxylic acids is 1. The number of carboxylic acids is 1. The molecule has 0 saturated carbocycles. The number of phenols is 1. The quantitative estimate of drug-likeness (QED) is 0.806. The number of aromatic nitrogens is 1. The van der Waals surface area contributed by atoms with Crippen molar-refractivity contribution in [2.24, 2.45) is 0 Å². The number of phenolic OH excluding ortho intramolecular Hbond substituents is 1. The van der Waals surface area contributed by atoms with Gasteiger partial charge in [0.1, 0.15) is 11.6 Å². The van der Waals surface area contributed by atoms with E-state index in [0.29, 0.717) is 0 Å². The molecule has 7 heteroatoms. The van der Waals surface area contributed by atoms with E-state index < -0.39 is 11.9 Å². The number of benzene rings is 1. The second-order valence-electron chi connectivity index (χ2n) is 3.85. The first kappa shape index (κ1) is 13.8. The third-order valence-electron chi connectivity index (χ3n) is 2.44. The Labute approximate surface area is 118 Å². The molecule has 1 amide bonds. The van der Waals surface area contributed by atoms with E-state index in [0.717, 1.165) is 0 Å². The van der Waals surface area contributed by atoms with Gasteiger partial charge in [-0.2, -0.15) is 0 Å². The van der Waals surface area contributed by atoms with E-state index in [1.54, 1.807) is 0 Å².